The minimum Gasteiger partial charge on any atom is -0.383 e. The Hall–Kier alpha value is -0.210. The largest absolute Gasteiger partial charge is 0.383 e. The molecule has 17 heavy (non-hydrogen) atoms. The fourth-order valence-electron chi connectivity index (χ4n) is 2.06. The fourth-order valence-corrected chi connectivity index (χ4v) is 3.48. The van der Waals surface area contributed by atoms with Crippen LogP contribution in [-0.2, 0) is 14.9 Å². The van der Waals surface area contributed by atoms with E-state index in [0.717, 1.165) is 25.9 Å². The summed E-state index contributed by atoms with van der Waals surface area (Å²) in [4.78, 5) is 0. The van der Waals surface area contributed by atoms with Gasteiger partial charge in [-0.1, -0.05) is 6.92 Å². The monoisotopic (exact) mass is 265 g/mol. The molecule has 0 aliphatic carbocycles. The maximum absolute atomic E-state index is 12.1. The van der Waals surface area contributed by atoms with Gasteiger partial charge in [0.25, 0.3) is 10.2 Å². The molecule has 0 saturated carbocycles. The molecule has 0 spiro atoms. The predicted octanol–water partition coefficient (Wildman–Crippen LogP) is -0.459. The maximum atomic E-state index is 12.1. The topological polar surface area (TPSA) is 70.7 Å². The number of ether oxygens (including phenoxy) is 1. The molecular weight excluding hydrogens is 242 g/mol. The molecule has 1 heterocycles. The van der Waals surface area contributed by atoms with Gasteiger partial charge in [0.1, 0.15) is 0 Å². The van der Waals surface area contributed by atoms with Crippen LogP contribution in [0.25, 0.3) is 0 Å². The van der Waals surface area contributed by atoms with E-state index >= 15 is 0 Å². The molecule has 1 aliphatic heterocycles. The Morgan fingerprint density at radius 1 is 1.53 bits per heavy atom. The highest BCUT2D eigenvalue weighted by Gasteiger charge is 2.29. The molecule has 0 bridgehead atoms. The lowest BCUT2D eigenvalue weighted by atomic mass is 10.1. The van der Waals surface area contributed by atoms with Crippen LogP contribution in [0.5, 0.6) is 0 Å². The number of likely N-dealkylation sites (N-methyl/N-ethyl adjacent to an activating group) is 1. The molecule has 1 unspecified atom stereocenters. The van der Waals surface area contributed by atoms with Crippen LogP contribution < -0.4 is 10.0 Å². The van der Waals surface area contributed by atoms with Crippen molar-refractivity contribution in [1.29, 1.82) is 0 Å². The Labute approximate surface area is 104 Å². The Morgan fingerprint density at radius 2 is 2.29 bits per heavy atom. The van der Waals surface area contributed by atoms with E-state index in [1.165, 1.54) is 4.31 Å². The second kappa shape index (κ2) is 7.27. The summed E-state index contributed by atoms with van der Waals surface area (Å²) < 4.78 is 33.1. The smallest absolute Gasteiger partial charge is 0.279 e. The van der Waals surface area contributed by atoms with Gasteiger partial charge in [-0.3, -0.25) is 0 Å². The average Bonchev–Trinajstić information content (AvgIpc) is 2.31. The van der Waals surface area contributed by atoms with Crippen LogP contribution in [0.3, 0.4) is 0 Å². The lowest BCUT2D eigenvalue weighted by Crippen LogP contribution is -2.52. The summed E-state index contributed by atoms with van der Waals surface area (Å²) in [6.45, 7) is 4.78. The third-order valence-corrected chi connectivity index (χ3v) is 4.63. The summed E-state index contributed by atoms with van der Waals surface area (Å²) in [5, 5.41) is 3.23. The number of piperidine rings is 1. The van der Waals surface area contributed by atoms with Crippen molar-refractivity contribution >= 4 is 10.2 Å². The fraction of sp³-hybridized carbons (Fsp3) is 1.00. The summed E-state index contributed by atoms with van der Waals surface area (Å²) in [6, 6.07) is 0.0637. The Bertz CT molecular complexity index is 302. The quantitative estimate of drug-likeness (QED) is 0.611. The predicted molar refractivity (Wildman–Crippen MR) is 67.1 cm³/mol. The first kappa shape index (κ1) is 14.8. The van der Waals surface area contributed by atoms with E-state index in [9.17, 15) is 8.42 Å². The molecule has 1 atom stereocenters. The summed E-state index contributed by atoms with van der Waals surface area (Å²) in [7, 11) is -1.83. The molecule has 1 rings (SSSR count). The molecule has 0 aromatic carbocycles. The number of hydrogen-bond acceptors (Lipinski definition) is 4. The van der Waals surface area contributed by atoms with Crippen LogP contribution in [0.1, 0.15) is 19.8 Å². The van der Waals surface area contributed by atoms with Crippen LogP contribution >= 0.6 is 0 Å². The lowest BCUT2D eigenvalue weighted by molar-refractivity contribution is 0.202. The molecular formula is C10H23N3O3S. The maximum Gasteiger partial charge on any atom is 0.279 e. The Morgan fingerprint density at radius 3 is 2.82 bits per heavy atom. The molecule has 7 heteroatoms. The summed E-state index contributed by atoms with van der Waals surface area (Å²) in [5.74, 6) is 0. The summed E-state index contributed by atoms with van der Waals surface area (Å²) in [6.07, 6.45) is 1.95. The van der Waals surface area contributed by atoms with Crippen LogP contribution in [0.4, 0.5) is 0 Å². The third-order valence-electron chi connectivity index (χ3n) is 2.89. The van der Waals surface area contributed by atoms with Gasteiger partial charge in [-0.15, -0.1) is 0 Å². The number of methoxy groups -OCH3 is 1. The van der Waals surface area contributed by atoms with E-state index in [2.05, 4.69) is 10.0 Å². The highest BCUT2D eigenvalue weighted by molar-refractivity contribution is 7.87. The number of nitrogens with zero attached hydrogens (tertiary/aromatic N) is 1. The molecule has 1 saturated heterocycles. The zero-order chi connectivity index (χ0) is 12.7. The van der Waals surface area contributed by atoms with Gasteiger partial charge in [0.2, 0.25) is 0 Å². The van der Waals surface area contributed by atoms with Crippen molar-refractivity contribution in [2.45, 2.75) is 25.8 Å². The average molecular weight is 265 g/mol. The third kappa shape index (κ3) is 4.51. The van der Waals surface area contributed by atoms with Crippen molar-refractivity contribution < 1.29 is 13.2 Å². The second-order valence-corrected chi connectivity index (χ2v) is 5.80. The first-order chi connectivity index (χ1) is 8.11. The van der Waals surface area contributed by atoms with E-state index in [-0.39, 0.29) is 6.04 Å². The minimum atomic E-state index is -3.38. The molecule has 6 nitrogen and oxygen atoms in total. The van der Waals surface area contributed by atoms with Gasteiger partial charge in [0.15, 0.2) is 0 Å². The van der Waals surface area contributed by atoms with Gasteiger partial charge >= 0.3 is 0 Å². The van der Waals surface area contributed by atoms with Crippen LogP contribution in [0, 0.1) is 0 Å². The van der Waals surface area contributed by atoms with Crippen molar-refractivity contribution in [3.8, 4) is 0 Å². The van der Waals surface area contributed by atoms with Gasteiger partial charge in [-0.05, 0) is 19.4 Å². The molecule has 1 fully saturated rings. The second-order valence-electron chi connectivity index (χ2n) is 4.10. The van der Waals surface area contributed by atoms with Crippen LogP contribution in [-0.4, -0.2) is 58.7 Å². The van der Waals surface area contributed by atoms with Crippen molar-refractivity contribution in [3.63, 3.8) is 0 Å². The zero-order valence-corrected chi connectivity index (χ0v) is 11.4. The standard InChI is InChI=1S/C10H23N3O3S/c1-3-13(10-5-4-6-11-9-10)17(14,15)12-7-8-16-2/h10-12H,3-9H2,1-2H3. The number of hydrogen-bond donors (Lipinski definition) is 2. The number of nitrogens with one attached hydrogen (secondary N) is 2. The van der Waals surface area contributed by atoms with Crippen LogP contribution in [0.2, 0.25) is 0 Å². The van der Waals surface area contributed by atoms with Gasteiger partial charge < -0.3 is 10.1 Å². The van der Waals surface area contributed by atoms with Gasteiger partial charge in [-0.2, -0.15) is 17.4 Å². The van der Waals surface area contributed by atoms with Gasteiger partial charge in [0, 0.05) is 32.8 Å². The van der Waals surface area contributed by atoms with E-state index in [4.69, 9.17) is 4.74 Å². The zero-order valence-electron chi connectivity index (χ0n) is 10.6. The molecule has 0 radical (unpaired) electrons. The highest BCUT2D eigenvalue weighted by Crippen LogP contribution is 2.13. The van der Waals surface area contributed by atoms with Crippen molar-refractivity contribution in [2.24, 2.45) is 0 Å². The van der Waals surface area contributed by atoms with Crippen molar-refractivity contribution in [3.05, 3.63) is 0 Å². The van der Waals surface area contributed by atoms with Crippen molar-refractivity contribution in [2.75, 3.05) is 39.9 Å². The molecule has 0 aromatic rings. The highest BCUT2D eigenvalue weighted by atomic mass is 32.2. The first-order valence-electron chi connectivity index (χ1n) is 6.08. The Kier molecular flexibility index (Phi) is 6.35. The molecule has 0 amide bonds. The van der Waals surface area contributed by atoms with Crippen LogP contribution in [0.15, 0.2) is 0 Å². The summed E-state index contributed by atoms with van der Waals surface area (Å²) in [5.41, 5.74) is 0. The van der Waals surface area contributed by atoms with E-state index in [1.54, 1.807) is 7.11 Å². The van der Waals surface area contributed by atoms with E-state index < -0.39 is 10.2 Å². The minimum absolute atomic E-state index is 0.0637. The summed E-state index contributed by atoms with van der Waals surface area (Å²) >= 11 is 0. The SMILES string of the molecule is CCN(C1CCCNC1)S(=O)(=O)NCCOC. The van der Waals surface area contributed by atoms with E-state index in [1.807, 2.05) is 6.92 Å². The first-order valence-corrected chi connectivity index (χ1v) is 7.52. The van der Waals surface area contributed by atoms with Gasteiger partial charge in [0.05, 0.1) is 6.61 Å². The molecule has 1 aliphatic rings. The normalized spacial score (nSPS) is 21.9. The van der Waals surface area contributed by atoms with Crippen molar-refractivity contribution in [1.82, 2.24) is 14.3 Å². The molecule has 0 aromatic heterocycles. The van der Waals surface area contributed by atoms with E-state index in [0.29, 0.717) is 19.7 Å². The van der Waals surface area contributed by atoms with Gasteiger partial charge in [-0.25, -0.2) is 0 Å². The lowest BCUT2D eigenvalue weighted by Gasteiger charge is -2.32. The number of rotatable bonds is 7. The Balaban J connectivity index is 2.57. The molecule has 102 valence electrons. The molecule has 2 N–H and O–H groups in total.